The molecule has 18 heavy (non-hydrogen) atoms. The summed E-state index contributed by atoms with van der Waals surface area (Å²) in [5, 5.41) is 10.8. The van der Waals surface area contributed by atoms with Gasteiger partial charge in [-0.25, -0.2) is 0 Å². The van der Waals surface area contributed by atoms with Crippen molar-refractivity contribution in [1.82, 2.24) is 4.90 Å². The molecule has 0 saturated heterocycles. The zero-order valence-corrected chi connectivity index (χ0v) is 12.5. The summed E-state index contributed by atoms with van der Waals surface area (Å²) in [6, 6.07) is 5.02. The molecule has 6 heteroatoms. The lowest BCUT2D eigenvalue weighted by molar-refractivity contribution is -0.125. The number of thioether (sulfide) groups is 1. The lowest BCUT2D eigenvalue weighted by atomic mass is 10.1. The molecule has 0 bridgehead atoms. The third-order valence-corrected chi connectivity index (χ3v) is 4.07. The Morgan fingerprint density at radius 3 is 2.61 bits per heavy atom. The third-order valence-electron chi connectivity index (χ3n) is 2.33. The van der Waals surface area contributed by atoms with E-state index in [1.807, 2.05) is 0 Å². The molecule has 0 spiro atoms. The summed E-state index contributed by atoms with van der Waals surface area (Å²) in [4.78, 5) is 12.9. The second-order valence-corrected chi connectivity index (χ2v) is 5.84. The van der Waals surface area contributed by atoms with Crippen LogP contribution in [0.15, 0.2) is 18.2 Å². The van der Waals surface area contributed by atoms with Crippen LogP contribution in [0.2, 0.25) is 10.0 Å². The maximum atomic E-state index is 11.3. The number of hydrogen-bond acceptors (Lipinski definition) is 3. The second-order valence-electron chi connectivity index (χ2n) is 3.99. The molecule has 0 aliphatic rings. The van der Waals surface area contributed by atoms with E-state index in [1.165, 1.54) is 16.7 Å². The third kappa shape index (κ3) is 4.69. The number of carbonyl (C=O) groups is 1. The predicted molar refractivity (Wildman–Crippen MR) is 77.4 cm³/mol. The van der Waals surface area contributed by atoms with Gasteiger partial charge < -0.3 is 10.0 Å². The van der Waals surface area contributed by atoms with Crippen LogP contribution in [-0.4, -0.2) is 41.5 Å². The largest absolute Gasteiger partial charge is 0.388 e. The average Bonchev–Trinajstić information content (AvgIpc) is 2.32. The Kier molecular flexibility index (Phi) is 6.29. The molecule has 0 radical (unpaired) electrons. The van der Waals surface area contributed by atoms with Gasteiger partial charge in [-0.05, 0) is 17.7 Å². The van der Waals surface area contributed by atoms with Crippen LogP contribution in [0.1, 0.15) is 11.7 Å². The molecular weight excluding hydrogens is 293 g/mol. The van der Waals surface area contributed by atoms with Gasteiger partial charge in [0, 0.05) is 19.8 Å². The molecule has 0 fully saturated rings. The zero-order chi connectivity index (χ0) is 13.7. The molecule has 100 valence electrons. The van der Waals surface area contributed by atoms with E-state index in [0.29, 0.717) is 27.1 Å². The van der Waals surface area contributed by atoms with Gasteiger partial charge in [-0.3, -0.25) is 4.79 Å². The molecule has 1 atom stereocenters. The smallest absolute Gasteiger partial charge is 0.232 e. The number of aliphatic hydroxyl groups is 1. The molecular formula is C12H15Cl2NO2S. The number of benzene rings is 1. The summed E-state index contributed by atoms with van der Waals surface area (Å²) < 4.78 is 0. The first-order chi connectivity index (χ1) is 8.41. The highest BCUT2D eigenvalue weighted by molar-refractivity contribution is 7.99. The summed E-state index contributed by atoms with van der Waals surface area (Å²) in [5.74, 6) is 0.824. The van der Waals surface area contributed by atoms with Crippen molar-refractivity contribution >= 4 is 40.9 Å². The molecule has 3 nitrogen and oxygen atoms in total. The van der Waals surface area contributed by atoms with Gasteiger partial charge >= 0.3 is 0 Å². The van der Waals surface area contributed by atoms with E-state index < -0.39 is 6.10 Å². The quantitative estimate of drug-likeness (QED) is 0.909. The van der Waals surface area contributed by atoms with Crippen LogP contribution < -0.4 is 0 Å². The average molecular weight is 308 g/mol. The Bertz CT molecular complexity index is 427. The Morgan fingerprint density at radius 1 is 1.39 bits per heavy atom. The molecule has 1 aromatic carbocycles. The number of aliphatic hydroxyl groups excluding tert-OH is 1. The van der Waals surface area contributed by atoms with E-state index in [1.54, 1.807) is 32.3 Å². The van der Waals surface area contributed by atoms with Crippen molar-refractivity contribution in [2.24, 2.45) is 0 Å². The molecule has 0 saturated carbocycles. The van der Waals surface area contributed by atoms with Crippen molar-refractivity contribution < 1.29 is 9.90 Å². The number of halogens is 2. The maximum Gasteiger partial charge on any atom is 0.232 e. The standard InChI is InChI=1S/C12H15Cl2NO2S/c1-15(2)12(17)7-18-6-11(16)8-3-4-9(13)10(14)5-8/h3-5,11,16H,6-7H2,1-2H3/t11-/m0/s1. The minimum atomic E-state index is -0.653. The lowest BCUT2D eigenvalue weighted by Crippen LogP contribution is -2.23. The van der Waals surface area contributed by atoms with Crippen LogP contribution in [0.3, 0.4) is 0 Å². The molecule has 1 rings (SSSR count). The Morgan fingerprint density at radius 2 is 2.06 bits per heavy atom. The highest BCUT2D eigenvalue weighted by Gasteiger charge is 2.11. The number of rotatable bonds is 5. The molecule has 0 aliphatic heterocycles. The van der Waals surface area contributed by atoms with Crippen molar-refractivity contribution in [3.63, 3.8) is 0 Å². The normalized spacial score (nSPS) is 12.3. The molecule has 0 aliphatic carbocycles. The van der Waals surface area contributed by atoms with E-state index in [9.17, 15) is 9.90 Å². The summed E-state index contributed by atoms with van der Waals surface area (Å²) in [6.07, 6.45) is -0.653. The van der Waals surface area contributed by atoms with Gasteiger partial charge in [-0.1, -0.05) is 29.3 Å². The topological polar surface area (TPSA) is 40.5 Å². The van der Waals surface area contributed by atoms with E-state index in [4.69, 9.17) is 23.2 Å². The minimum absolute atomic E-state index is 0.0290. The highest BCUT2D eigenvalue weighted by atomic mass is 35.5. The van der Waals surface area contributed by atoms with Gasteiger partial charge in [-0.15, -0.1) is 11.8 Å². The first-order valence-electron chi connectivity index (χ1n) is 5.32. The molecule has 0 heterocycles. The number of carbonyl (C=O) groups excluding carboxylic acids is 1. The van der Waals surface area contributed by atoms with E-state index in [-0.39, 0.29) is 5.91 Å². The number of nitrogens with zero attached hydrogens (tertiary/aromatic N) is 1. The number of hydrogen-bond donors (Lipinski definition) is 1. The molecule has 1 amide bonds. The second kappa shape index (κ2) is 7.24. The van der Waals surface area contributed by atoms with Gasteiger partial charge in [0.05, 0.1) is 21.9 Å². The van der Waals surface area contributed by atoms with Crippen LogP contribution in [0.25, 0.3) is 0 Å². The maximum absolute atomic E-state index is 11.3. The first-order valence-corrected chi connectivity index (χ1v) is 7.23. The van der Waals surface area contributed by atoms with Crippen molar-refractivity contribution in [2.45, 2.75) is 6.10 Å². The zero-order valence-electron chi connectivity index (χ0n) is 10.2. The Labute approximate surface area is 121 Å². The summed E-state index contributed by atoms with van der Waals surface area (Å²) in [6.45, 7) is 0. The van der Waals surface area contributed by atoms with Crippen molar-refractivity contribution in [3.05, 3.63) is 33.8 Å². The first kappa shape index (κ1) is 15.6. The number of amides is 1. The van der Waals surface area contributed by atoms with E-state index in [2.05, 4.69) is 0 Å². The Hall–Kier alpha value is -0.420. The van der Waals surface area contributed by atoms with E-state index >= 15 is 0 Å². The van der Waals surface area contributed by atoms with Crippen molar-refractivity contribution in [3.8, 4) is 0 Å². The van der Waals surface area contributed by atoms with E-state index in [0.717, 1.165) is 0 Å². The molecule has 1 aromatic rings. The summed E-state index contributed by atoms with van der Waals surface area (Å²) in [7, 11) is 3.41. The van der Waals surface area contributed by atoms with Gasteiger partial charge in [0.25, 0.3) is 0 Å². The van der Waals surface area contributed by atoms with Crippen LogP contribution >= 0.6 is 35.0 Å². The van der Waals surface area contributed by atoms with Gasteiger partial charge in [-0.2, -0.15) is 0 Å². The summed E-state index contributed by atoms with van der Waals surface area (Å²) in [5.41, 5.74) is 0.703. The van der Waals surface area contributed by atoms with Crippen LogP contribution in [0.5, 0.6) is 0 Å². The monoisotopic (exact) mass is 307 g/mol. The molecule has 1 N–H and O–H groups in total. The minimum Gasteiger partial charge on any atom is -0.388 e. The predicted octanol–water partition coefficient (Wildman–Crippen LogP) is 2.85. The van der Waals surface area contributed by atoms with Crippen LogP contribution in [0, 0.1) is 0 Å². The fourth-order valence-corrected chi connectivity index (χ4v) is 2.48. The summed E-state index contributed by atoms with van der Waals surface area (Å²) >= 11 is 13.1. The highest BCUT2D eigenvalue weighted by Crippen LogP contribution is 2.27. The fraction of sp³-hybridized carbons (Fsp3) is 0.417. The molecule has 0 unspecified atom stereocenters. The van der Waals surface area contributed by atoms with Gasteiger partial charge in [0.1, 0.15) is 0 Å². The van der Waals surface area contributed by atoms with Gasteiger partial charge in [0.15, 0.2) is 0 Å². The Balaban J connectivity index is 2.48. The fourth-order valence-electron chi connectivity index (χ4n) is 1.20. The van der Waals surface area contributed by atoms with Crippen LogP contribution in [-0.2, 0) is 4.79 Å². The van der Waals surface area contributed by atoms with Crippen molar-refractivity contribution in [2.75, 3.05) is 25.6 Å². The van der Waals surface area contributed by atoms with Gasteiger partial charge in [0.2, 0.25) is 5.91 Å². The molecule has 0 aromatic heterocycles. The SMILES string of the molecule is CN(C)C(=O)CSC[C@H](O)c1ccc(Cl)c(Cl)c1. The lowest BCUT2D eigenvalue weighted by Gasteiger charge is -2.13. The van der Waals surface area contributed by atoms with Crippen LogP contribution in [0.4, 0.5) is 0 Å². The van der Waals surface area contributed by atoms with Crippen molar-refractivity contribution in [1.29, 1.82) is 0 Å².